The minimum atomic E-state index is -3.19. The van der Waals surface area contributed by atoms with Gasteiger partial charge in [-0.15, -0.1) is 0 Å². The molecule has 1 N–H and O–H groups in total. The van der Waals surface area contributed by atoms with Crippen molar-refractivity contribution in [3.8, 4) is 0 Å². The molecule has 0 unspecified atom stereocenters. The number of nitrogens with one attached hydrogen (secondary N) is 1. The van der Waals surface area contributed by atoms with Gasteiger partial charge in [0.1, 0.15) is 5.69 Å². The van der Waals surface area contributed by atoms with Gasteiger partial charge in [0.2, 0.25) is 0 Å². The fourth-order valence-corrected chi connectivity index (χ4v) is 4.16. The largest absolute Gasteiger partial charge is 0.375 e. The number of nitro groups is 1. The number of anilines is 1. The van der Waals surface area contributed by atoms with Crippen molar-refractivity contribution >= 4 is 32.8 Å². The standard InChI is InChI=1S/C12H15ClN2O4S/c1-12(2)11(5-6-20(12,18)19)14-9-4-3-8(13)7-10(9)15(16)17/h3-4,7,11,14H,5-6H2,1-2H3/t11-/m1/s1. The van der Waals surface area contributed by atoms with Crippen molar-refractivity contribution in [1.29, 1.82) is 0 Å². The van der Waals surface area contributed by atoms with Gasteiger partial charge >= 0.3 is 0 Å². The van der Waals surface area contributed by atoms with E-state index in [0.717, 1.165) is 0 Å². The third-order valence-corrected chi connectivity index (χ3v) is 6.70. The van der Waals surface area contributed by atoms with Gasteiger partial charge in [-0.2, -0.15) is 0 Å². The Hall–Kier alpha value is -1.34. The Morgan fingerprint density at radius 3 is 2.60 bits per heavy atom. The highest BCUT2D eigenvalue weighted by Crippen LogP contribution is 2.36. The SMILES string of the molecule is CC1(C)[C@H](Nc2ccc(Cl)cc2[N+](=O)[O-])CCS1(=O)=O. The minimum Gasteiger partial charge on any atom is -0.375 e. The molecule has 0 aliphatic carbocycles. The molecule has 1 heterocycles. The number of nitrogens with zero attached hydrogens (tertiary/aromatic N) is 1. The molecule has 110 valence electrons. The molecule has 1 atom stereocenters. The van der Waals surface area contributed by atoms with Crippen LogP contribution in [0.2, 0.25) is 5.02 Å². The molecule has 1 aliphatic heterocycles. The summed E-state index contributed by atoms with van der Waals surface area (Å²) in [4.78, 5) is 10.5. The van der Waals surface area contributed by atoms with Crippen molar-refractivity contribution in [3.05, 3.63) is 33.3 Å². The molecule has 6 nitrogen and oxygen atoms in total. The van der Waals surface area contributed by atoms with Gasteiger partial charge in [-0.05, 0) is 32.4 Å². The van der Waals surface area contributed by atoms with E-state index in [1.54, 1.807) is 13.8 Å². The molecule has 1 saturated heterocycles. The molecule has 1 fully saturated rings. The van der Waals surface area contributed by atoms with Gasteiger partial charge in [-0.25, -0.2) is 8.42 Å². The monoisotopic (exact) mass is 318 g/mol. The Labute approximate surface area is 122 Å². The van der Waals surface area contributed by atoms with E-state index in [1.807, 2.05) is 0 Å². The Bertz CT molecular complexity index is 657. The van der Waals surface area contributed by atoms with Crippen LogP contribution in [0.5, 0.6) is 0 Å². The number of hydrogen-bond acceptors (Lipinski definition) is 5. The molecule has 0 bridgehead atoms. The zero-order valence-corrected chi connectivity index (χ0v) is 12.7. The van der Waals surface area contributed by atoms with E-state index >= 15 is 0 Å². The van der Waals surface area contributed by atoms with E-state index in [2.05, 4.69) is 5.32 Å². The van der Waals surface area contributed by atoms with Gasteiger partial charge in [0.15, 0.2) is 9.84 Å². The summed E-state index contributed by atoms with van der Waals surface area (Å²) in [6.07, 6.45) is 0.426. The second-order valence-electron chi connectivity index (χ2n) is 5.33. The predicted molar refractivity (Wildman–Crippen MR) is 78.0 cm³/mol. The first kappa shape index (κ1) is 15.1. The van der Waals surface area contributed by atoms with Crippen molar-refractivity contribution in [3.63, 3.8) is 0 Å². The van der Waals surface area contributed by atoms with Crippen molar-refractivity contribution in [1.82, 2.24) is 0 Å². The lowest BCUT2D eigenvalue weighted by Crippen LogP contribution is -2.41. The van der Waals surface area contributed by atoms with Crippen molar-refractivity contribution < 1.29 is 13.3 Å². The fourth-order valence-electron chi connectivity index (χ4n) is 2.31. The first-order valence-corrected chi connectivity index (χ1v) is 8.11. The average molecular weight is 319 g/mol. The Morgan fingerprint density at radius 1 is 1.45 bits per heavy atom. The highest BCUT2D eigenvalue weighted by Gasteiger charge is 2.48. The van der Waals surface area contributed by atoms with Crippen LogP contribution in [0.15, 0.2) is 18.2 Å². The summed E-state index contributed by atoms with van der Waals surface area (Å²) in [7, 11) is -3.19. The second-order valence-corrected chi connectivity index (χ2v) is 8.45. The van der Waals surface area contributed by atoms with Crippen LogP contribution in [0.25, 0.3) is 0 Å². The number of benzene rings is 1. The predicted octanol–water partition coefficient (Wildman–Crippen LogP) is 2.63. The third-order valence-electron chi connectivity index (χ3n) is 3.80. The van der Waals surface area contributed by atoms with Crippen molar-refractivity contribution in [2.75, 3.05) is 11.1 Å². The lowest BCUT2D eigenvalue weighted by atomic mass is 10.0. The smallest absolute Gasteiger partial charge is 0.293 e. The van der Waals surface area contributed by atoms with Gasteiger partial charge in [0.05, 0.1) is 15.4 Å². The highest BCUT2D eigenvalue weighted by molar-refractivity contribution is 7.93. The Balaban J connectivity index is 2.35. The van der Waals surface area contributed by atoms with E-state index in [-0.39, 0.29) is 28.2 Å². The lowest BCUT2D eigenvalue weighted by molar-refractivity contribution is -0.384. The summed E-state index contributed by atoms with van der Waals surface area (Å²) in [5.41, 5.74) is 0.132. The van der Waals surface area contributed by atoms with Gasteiger partial charge in [-0.3, -0.25) is 10.1 Å². The minimum absolute atomic E-state index is 0.0824. The van der Waals surface area contributed by atoms with E-state index in [4.69, 9.17) is 11.6 Å². The first-order chi connectivity index (χ1) is 9.15. The molecule has 0 radical (unpaired) electrons. The van der Waals surface area contributed by atoms with Crippen LogP contribution in [0.4, 0.5) is 11.4 Å². The molecule has 1 aromatic carbocycles. The summed E-state index contributed by atoms with van der Waals surface area (Å²) in [5, 5.41) is 14.3. The molecular weight excluding hydrogens is 304 g/mol. The summed E-state index contributed by atoms with van der Waals surface area (Å²) in [6, 6.07) is 3.92. The zero-order chi connectivity index (χ0) is 15.1. The molecular formula is C12H15ClN2O4S. The fraction of sp³-hybridized carbons (Fsp3) is 0.500. The Morgan fingerprint density at radius 2 is 2.10 bits per heavy atom. The van der Waals surface area contributed by atoms with Gasteiger partial charge in [0.25, 0.3) is 5.69 Å². The van der Waals surface area contributed by atoms with Crippen LogP contribution < -0.4 is 5.32 Å². The van der Waals surface area contributed by atoms with Crippen LogP contribution in [-0.4, -0.2) is 29.9 Å². The molecule has 0 spiro atoms. The maximum atomic E-state index is 12.0. The lowest BCUT2D eigenvalue weighted by Gasteiger charge is -2.27. The average Bonchev–Trinajstić information content (AvgIpc) is 2.53. The second kappa shape index (κ2) is 4.89. The summed E-state index contributed by atoms with van der Waals surface area (Å²) >= 11 is 5.75. The van der Waals surface area contributed by atoms with Crippen molar-refractivity contribution in [2.45, 2.75) is 31.1 Å². The first-order valence-electron chi connectivity index (χ1n) is 6.08. The number of nitro benzene ring substituents is 1. The summed E-state index contributed by atoms with van der Waals surface area (Å²) in [5.74, 6) is 0.0824. The summed E-state index contributed by atoms with van der Waals surface area (Å²) in [6.45, 7) is 3.27. The number of sulfone groups is 1. The molecule has 1 aromatic rings. The molecule has 0 amide bonds. The molecule has 0 saturated carbocycles. The maximum Gasteiger partial charge on any atom is 0.293 e. The quantitative estimate of drug-likeness (QED) is 0.683. The topological polar surface area (TPSA) is 89.3 Å². The molecule has 1 aliphatic rings. The third kappa shape index (κ3) is 2.47. The molecule has 8 heteroatoms. The van der Waals surface area contributed by atoms with Gasteiger partial charge in [-0.1, -0.05) is 11.6 Å². The molecule has 2 rings (SSSR count). The number of rotatable bonds is 3. The number of halogens is 1. The van der Waals surface area contributed by atoms with E-state index < -0.39 is 19.5 Å². The van der Waals surface area contributed by atoms with Crippen LogP contribution >= 0.6 is 11.6 Å². The summed E-state index contributed by atoms with van der Waals surface area (Å²) < 4.78 is 23.0. The Kier molecular flexibility index (Phi) is 3.68. The van der Waals surface area contributed by atoms with Crippen LogP contribution in [-0.2, 0) is 9.84 Å². The molecule has 0 aromatic heterocycles. The van der Waals surface area contributed by atoms with E-state index in [0.29, 0.717) is 6.42 Å². The maximum absolute atomic E-state index is 12.0. The van der Waals surface area contributed by atoms with Crippen LogP contribution in [0.1, 0.15) is 20.3 Å². The van der Waals surface area contributed by atoms with Crippen LogP contribution in [0, 0.1) is 10.1 Å². The molecule has 20 heavy (non-hydrogen) atoms. The van der Waals surface area contributed by atoms with Gasteiger partial charge in [0, 0.05) is 17.1 Å². The zero-order valence-electron chi connectivity index (χ0n) is 11.1. The van der Waals surface area contributed by atoms with E-state index in [9.17, 15) is 18.5 Å². The normalized spacial score (nSPS) is 23.4. The van der Waals surface area contributed by atoms with E-state index in [1.165, 1.54) is 18.2 Å². The van der Waals surface area contributed by atoms with Crippen LogP contribution in [0.3, 0.4) is 0 Å². The highest BCUT2D eigenvalue weighted by atomic mass is 35.5. The van der Waals surface area contributed by atoms with Crippen molar-refractivity contribution in [2.24, 2.45) is 0 Å². The van der Waals surface area contributed by atoms with Gasteiger partial charge < -0.3 is 5.32 Å². The number of hydrogen-bond donors (Lipinski definition) is 1.